The van der Waals surface area contributed by atoms with E-state index in [-0.39, 0.29) is 11.8 Å². The first-order valence-corrected chi connectivity index (χ1v) is 7.50. The minimum Gasteiger partial charge on any atom is -0.490 e. The number of anilines is 1. The molecule has 0 aliphatic rings. The maximum atomic E-state index is 11.2. The molecule has 5 nitrogen and oxygen atoms in total. The van der Waals surface area contributed by atoms with Crippen LogP contribution >= 0.6 is 0 Å². The summed E-state index contributed by atoms with van der Waals surface area (Å²) in [5, 5.41) is 3.04. The van der Waals surface area contributed by atoms with Crippen molar-refractivity contribution >= 4 is 15.7 Å². The van der Waals surface area contributed by atoms with Crippen molar-refractivity contribution in [3.8, 4) is 5.75 Å². The van der Waals surface area contributed by atoms with Gasteiger partial charge in [-0.15, -0.1) is 0 Å². The lowest BCUT2D eigenvalue weighted by Crippen LogP contribution is -2.25. The normalized spacial score (nSPS) is 13.1. The summed E-state index contributed by atoms with van der Waals surface area (Å²) in [6, 6.07) is 3.36. The molecule has 0 fully saturated rings. The molecule has 1 aromatic rings. The monoisotopic (exact) mass is 258 g/mol. The molecule has 0 saturated carbocycles. The Hall–Kier alpha value is -1.30. The lowest BCUT2D eigenvalue weighted by molar-refractivity contribution is 0.340. The topological polar surface area (TPSA) is 68.3 Å². The lowest BCUT2D eigenvalue weighted by atomic mass is 10.3. The van der Waals surface area contributed by atoms with Crippen molar-refractivity contribution in [3.05, 3.63) is 18.3 Å². The van der Waals surface area contributed by atoms with Crippen molar-refractivity contribution in [3.63, 3.8) is 0 Å². The Morgan fingerprint density at radius 3 is 2.82 bits per heavy atom. The summed E-state index contributed by atoms with van der Waals surface area (Å²) >= 11 is 0. The molecule has 0 aromatic carbocycles. The van der Waals surface area contributed by atoms with Crippen molar-refractivity contribution in [2.45, 2.75) is 19.9 Å². The molecule has 6 heteroatoms. The van der Waals surface area contributed by atoms with E-state index in [9.17, 15) is 8.42 Å². The highest BCUT2D eigenvalue weighted by atomic mass is 32.2. The highest BCUT2D eigenvalue weighted by Gasteiger charge is 2.13. The van der Waals surface area contributed by atoms with Gasteiger partial charge in [-0.1, -0.05) is 0 Å². The summed E-state index contributed by atoms with van der Waals surface area (Å²) in [7, 11) is -3.00. The van der Waals surface area contributed by atoms with Crippen molar-refractivity contribution in [2.24, 2.45) is 0 Å². The maximum Gasteiger partial charge on any atom is 0.168 e. The van der Waals surface area contributed by atoms with E-state index >= 15 is 0 Å². The number of pyridine rings is 1. The predicted octanol–water partition coefficient (Wildman–Crippen LogP) is 1.33. The van der Waals surface area contributed by atoms with Crippen LogP contribution in [0.2, 0.25) is 0 Å². The van der Waals surface area contributed by atoms with Gasteiger partial charge in [-0.05, 0) is 26.0 Å². The fraction of sp³-hybridized carbons (Fsp3) is 0.545. The van der Waals surface area contributed by atoms with E-state index in [0.29, 0.717) is 18.2 Å². The number of hydrogen-bond acceptors (Lipinski definition) is 5. The zero-order chi connectivity index (χ0) is 12.9. The van der Waals surface area contributed by atoms with Crippen molar-refractivity contribution in [1.82, 2.24) is 4.98 Å². The molecular weight excluding hydrogens is 240 g/mol. The number of nitrogens with zero attached hydrogens (tertiary/aromatic N) is 1. The largest absolute Gasteiger partial charge is 0.490 e. The SMILES string of the molecule is CCOc1cccnc1NC(C)CS(C)(=O)=O. The van der Waals surface area contributed by atoms with Crippen molar-refractivity contribution in [2.75, 3.05) is 23.9 Å². The molecule has 0 aliphatic carbocycles. The minimum absolute atomic E-state index is 0.0646. The van der Waals surface area contributed by atoms with Crippen LogP contribution in [0.4, 0.5) is 5.82 Å². The molecule has 0 aliphatic heterocycles. The van der Waals surface area contributed by atoms with Gasteiger partial charge < -0.3 is 10.1 Å². The average Bonchev–Trinajstić information content (AvgIpc) is 2.18. The second kappa shape index (κ2) is 5.86. The van der Waals surface area contributed by atoms with Gasteiger partial charge >= 0.3 is 0 Å². The Morgan fingerprint density at radius 2 is 2.24 bits per heavy atom. The molecule has 1 N–H and O–H groups in total. The lowest BCUT2D eigenvalue weighted by Gasteiger charge is -2.16. The summed E-state index contributed by atoms with van der Waals surface area (Å²) in [4.78, 5) is 4.14. The first-order valence-electron chi connectivity index (χ1n) is 5.44. The molecular formula is C11H18N2O3S. The number of aromatic nitrogens is 1. The van der Waals surface area contributed by atoms with E-state index in [2.05, 4.69) is 10.3 Å². The number of sulfone groups is 1. The van der Waals surface area contributed by atoms with Crippen LogP contribution < -0.4 is 10.1 Å². The van der Waals surface area contributed by atoms with Crippen LogP contribution in [0.25, 0.3) is 0 Å². The predicted molar refractivity (Wildman–Crippen MR) is 68.2 cm³/mol. The Balaban J connectivity index is 2.73. The van der Waals surface area contributed by atoms with E-state index in [4.69, 9.17) is 4.74 Å². The molecule has 0 spiro atoms. The Labute approximate surface area is 102 Å². The number of ether oxygens (including phenoxy) is 1. The number of hydrogen-bond donors (Lipinski definition) is 1. The molecule has 1 rings (SSSR count). The maximum absolute atomic E-state index is 11.2. The first-order chi connectivity index (χ1) is 7.92. The second-order valence-corrected chi connectivity index (χ2v) is 6.11. The highest BCUT2D eigenvalue weighted by molar-refractivity contribution is 7.90. The molecule has 1 unspecified atom stereocenters. The van der Waals surface area contributed by atoms with Crippen LogP contribution in [-0.4, -0.2) is 38.1 Å². The van der Waals surface area contributed by atoms with Gasteiger partial charge in [0, 0.05) is 18.5 Å². The van der Waals surface area contributed by atoms with E-state index in [1.807, 2.05) is 6.92 Å². The quantitative estimate of drug-likeness (QED) is 0.833. The average molecular weight is 258 g/mol. The van der Waals surface area contributed by atoms with Crippen LogP contribution in [-0.2, 0) is 9.84 Å². The molecule has 1 aromatic heterocycles. The van der Waals surface area contributed by atoms with E-state index in [1.165, 1.54) is 6.26 Å². The van der Waals surface area contributed by atoms with Crippen LogP contribution in [0, 0.1) is 0 Å². The molecule has 0 bridgehead atoms. The van der Waals surface area contributed by atoms with Gasteiger partial charge in [0.2, 0.25) is 0 Å². The van der Waals surface area contributed by atoms with Gasteiger partial charge in [0.05, 0.1) is 12.4 Å². The van der Waals surface area contributed by atoms with Crippen molar-refractivity contribution in [1.29, 1.82) is 0 Å². The zero-order valence-electron chi connectivity index (χ0n) is 10.3. The van der Waals surface area contributed by atoms with Gasteiger partial charge in [0.1, 0.15) is 9.84 Å². The van der Waals surface area contributed by atoms with Gasteiger partial charge in [0.15, 0.2) is 11.6 Å². The smallest absolute Gasteiger partial charge is 0.168 e. The molecule has 17 heavy (non-hydrogen) atoms. The molecule has 96 valence electrons. The van der Waals surface area contributed by atoms with Crippen LogP contribution in [0.15, 0.2) is 18.3 Å². The van der Waals surface area contributed by atoms with Crippen LogP contribution in [0.3, 0.4) is 0 Å². The zero-order valence-corrected chi connectivity index (χ0v) is 11.1. The second-order valence-electron chi connectivity index (χ2n) is 3.92. The number of rotatable bonds is 6. The summed E-state index contributed by atoms with van der Waals surface area (Å²) in [5.74, 6) is 1.27. The van der Waals surface area contributed by atoms with E-state index in [0.717, 1.165) is 0 Å². The molecule has 1 atom stereocenters. The molecule has 0 radical (unpaired) electrons. The molecule has 1 heterocycles. The summed E-state index contributed by atoms with van der Waals surface area (Å²) in [5.41, 5.74) is 0. The van der Waals surface area contributed by atoms with E-state index in [1.54, 1.807) is 25.3 Å². The fourth-order valence-electron chi connectivity index (χ4n) is 1.50. The third-order valence-electron chi connectivity index (χ3n) is 2.01. The van der Waals surface area contributed by atoms with Gasteiger partial charge in [0.25, 0.3) is 0 Å². The minimum atomic E-state index is -3.00. The summed E-state index contributed by atoms with van der Waals surface area (Å²) in [6.45, 7) is 4.23. The third kappa shape index (κ3) is 5.04. The Kier molecular flexibility index (Phi) is 4.74. The summed E-state index contributed by atoms with van der Waals surface area (Å²) in [6.07, 6.45) is 2.85. The number of nitrogens with one attached hydrogen (secondary N) is 1. The third-order valence-corrected chi connectivity index (χ3v) is 3.11. The van der Waals surface area contributed by atoms with Crippen LogP contribution in [0.1, 0.15) is 13.8 Å². The molecule has 0 amide bonds. The van der Waals surface area contributed by atoms with Crippen molar-refractivity contribution < 1.29 is 13.2 Å². The Morgan fingerprint density at radius 1 is 1.53 bits per heavy atom. The standard InChI is InChI=1S/C11H18N2O3S/c1-4-16-10-6-5-7-12-11(10)13-9(2)8-17(3,14)15/h5-7,9H,4,8H2,1-3H3,(H,12,13). The summed E-state index contributed by atoms with van der Waals surface area (Å²) < 4.78 is 27.7. The van der Waals surface area contributed by atoms with Crippen LogP contribution in [0.5, 0.6) is 5.75 Å². The van der Waals surface area contributed by atoms with E-state index < -0.39 is 9.84 Å². The molecule has 0 saturated heterocycles. The first kappa shape index (κ1) is 13.8. The Bertz CT molecular complexity index is 460. The van der Waals surface area contributed by atoms with Gasteiger partial charge in [-0.3, -0.25) is 0 Å². The van der Waals surface area contributed by atoms with Gasteiger partial charge in [-0.2, -0.15) is 0 Å². The highest BCUT2D eigenvalue weighted by Crippen LogP contribution is 2.21. The fourth-order valence-corrected chi connectivity index (χ4v) is 2.49. The van der Waals surface area contributed by atoms with Gasteiger partial charge in [-0.25, -0.2) is 13.4 Å².